The van der Waals surface area contributed by atoms with E-state index in [1.54, 1.807) is 0 Å². The van der Waals surface area contributed by atoms with Gasteiger partial charge >= 0.3 is 24.1 Å². The number of carbonyl (C=O) groups excluding carboxylic acids is 1. The molecule has 0 unspecified atom stereocenters. The minimum Gasteiger partial charge on any atom is -0.341 e. The topological polar surface area (TPSA) is 41.1 Å². The maximum Gasteiger partial charge on any atom is 0.436 e. The van der Waals surface area contributed by atoms with E-state index in [0.29, 0.717) is 30.9 Å². The van der Waals surface area contributed by atoms with Crippen LogP contribution in [0.2, 0.25) is 0 Å². The maximum atomic E-state index is 14.5. The van der Waals surface area contributed by atoms with Crippen molar-refractivity contribution in [3.8, 4) is 0 Å². The van der Waals surface area contributed by atoms with Gasteiger partial charge in [-0.2, -0.15) is 26.3 Å². The van der Waals surface area contributed by atoms with Crippen LogP contribution in [0.5, 0.6) is 0 Å². The Morgan fingerprint density at radius 1 is 0.960 bits per heavy atom. The quantitative estimate of drug-likeness (QED) is 0.732. The molecule has 1 aliphatic rings. The van der Waals surface area contributed by atoms with Crippen LogP contribution < -0.4 is 10.6 Å². The van der Waals surface area contributed by atoms with Gasteiger partial charge in [-0.1, -0.05) is 12.1 Å². The van der Waals surface area contributed by atoms with Gasteiger partial charge in [0.25, 0.3) is 0 Å². The van der Waals surface area contributed by atoms with Crippen LogP contribution in [0.15, 0.2) is 12.1 Å². The van der Waals surface area contributed by atoms with Crippen LogP contribution in [-0.4, -0.2) is 25.4 Å². The van der Waals surface area contributed by atoms with E-state index < -0.39 is 35.3 Å². The van der Waals surface area contributed by atoms with E-state index in [-0.39, 0.29) is 12.0 Å². The van der Waals surface area contributed by atoms with E-state index >= 15 is 0 Å². The lowest BCUT2D eigenvalue weighted by Gasteiger charge is -2.33. The first kappa shape index (κ1) is 19.3. The first-order chi connectivity index (χ1) is 11.4. The molecule has 0 saturated carbocycles. The number of hydrogen-bond acceptors (Lipinski definition) is 1. The van der Waals surface area contributed by atoms with Crippen LogP contribution >= 0.6 is 0 Å². The maximum absolute atomic E-state index is 14.5. The smallest absolute Gasteiger partial charge is 0.341 e. The second-order valence-electron chi connectivity index (χ2n) is 5.69. The molecule has 3 nitrogen and oxygen atoms in total. The Morgan fingerprint density at radius 3 is 2.04 bits per heavy atom. The van der Waals surface area contributed by atoms with Gasteiger partial charge in [0.05, 0.1) is 5.69 Å². The summed E-state index contributed by atoms with van der Waals surface area (Å²) in [6.07, 6.45) is -10.7. The number of fused-ring (bicyclic) bond motifs is 1. The largest absolute Gasteiger partial charge is 0.436 e. The van der Waals surface area contributed by atoms with Crippen molar-refractivity contribution in [3.63, 3.8) is 0 Å². The number of halogens is 7. The Kier molecular flexibility index (Phi) is 4.93. The second-order valence-corrected chi connectivity index (χ2v) is 5.69. The molecule has 25 heavy (non-hydrogen) atoms. The average Bonchev–Trinajstić information content (AvgIpc) is 2.52. The number of amides is 2. The number of rotatable bonds is 2. The lowest BCUT2D eigenvalue weighted by atomic mass is 9.83. The van der Waals surface area contributed by atoms with Gasteiger partial charge in [-0.3, -0.25) is 0 Å². The van der Waals surface area contributed by atoms with Crippen LogP contribution in [0.1, 0.15) is 29.5 Å². The summed E-state index contributed by atoms with van der Waals surface area (Å²) in [4.78, 5) is 11.5. The highest BCUT2D eigenvalue weighted by atomic mass is 19.4. The van der Waals surface area contributed by atoms with E-state index in [4.69, 9.17) is 0 Å². The zero-order valence-electron chi connectivity index (χ0n) is 13.0. The van der Waals surface area contributed by atoms with Gasteiger partial charge in [0.15, 0.2) is 0 Å². The number of urea groups is 1. The summed E-state index contributed by atoms with van der Waals surface area (Å²) in [5, 5.41) is 3.99. The summed E-state index contributed by atoms with van der Waals surface area (Å²) in [5.74, 6) is 0. The predicted octanol–water partition coefficient (Wildman–Crippen LogP) is 4.61. The molecule has 0 aliphatic heterocycles. The Labute approximate surface area is 138 Å². The van der Waals surface area contributed by atoms with Gasteiger partial charge in [0.1, 0.15) is 0 Å². The molecule has 0 bridgehead atoms. The number of benzene rings is 1. The molecule has 0 atom stereocenters. The molecule has 0 radical (unpaired) electrons. The van der Waals surface area contributed by atoms with Gasteiger partial charge < -0.3 is 10.6 Å². The molecule has 0 saturated heterocycles. The van der Waals surface area contributed by atoms with E-state index in [0.717, 1.165) is 13.1 Å². The van der Waals surface area contributed by atoms with Crippen LogP contribution in [0.25, 0.3) is 0 Å². The first-order valence-electron chi connectivity index (χ1n) is 7.39. The van der Waals surface area contributed by atoms with Crippen molar-refractivity contribution in [1.29, 1.82) is 0 Å². The molecule has 10 heteroatoms. The van der Waals surface area contributed by atoms with E-state index in [1.165, 1.54) is 0 Å². The molecule has 1 aromatic carbocycles. The van der Waals surface area contributed by atoms with Crippen LogP contribution in [0.3, 0.4) is 0 Å². The third-order valence-corrected chi connectivity index (χ3v) is 4.15. The zero-order chi connectivity index (χ0) is 19.0. The van der Waals surface area contributed by atoms with Crippen LogP contribution in [0.4, 0.5) is 41.2 Å². The third kappa shape index (κ3) is 3.25. The third-order valence-electron chi connectivity index (χ3n) is 4.15. The van der Waals surface area contributed by atoms with E-state index in [1.807, 2.05) is 10.6 Å². The van der Waals surface area contributed by atoms with Crippen molar-refractivity contribution < 1.29 is 35.5 Å². The Balaban J connectivity index is 2.76. The van der Waals surface area contributed by atoms with Crippen molar-refractivity contribution in [2.75, 3.05) is 12.4 Å². The Hall–Kier alpha value is -2.00. The van der Waals surface area contributed by atoms with Crippen LogP contribution in [-0.2, 0) is 18.5 Å². The fourth-order valence-electron chi connectivity index (χ4n) is 2.90. The van der Waals surface area contributed by atoms with Gasteiger partial charge in [0.2, 0.25) is 0 Å². The Bertz CT molecular complexity index is 653. The standard InChI is InChI=1S/C15H15F7N2O/c1-23-12(25)24-11-9-5-3-2-4-8(9)6-7-10(11)13(16,14(17,18)19)15(20,21)22/h6-7H,2-5H2,1H3,(H2,23,24,25). The molecule has 140 valence electrons. The van der Waals surface area contributed by atoms with Crippen molar-refractivity contribution >= 4 is 11.7 Å². The molecule has 0 heterocycles. The summed E-state index contributed by atoms with van der Waals surface area (Å²) < 4.78 is 93.1. The molecule has 0 fully saturated rings. The minimum absolute atomic E-state index is 0.0999. The first-order valence-corrected chi connectivity index (χ1v) is 7.39. The fourth-order valence-corrected chi connectivity index (χ4v) is 2.90. The van der Waals surface area contributed by atoms with E-state index in [2.05, 4.69) is 0 Å². The lowest BCUT2D eigenvalue weighted by molar-refractivity contribution is -0.348. The number of alkyl halides is 7. The SMILES string of the molecule is CNC(=O)Nc1c(C(F)(C(F)(F)F)C(F)(F)F)ccc2c1CCCC2. The van der Waals surface area contributed by atoms with Crippen molar-refractivity contribution in [2.45, 2.75) is 43.7 Å². The van der Waals surface area contributed by atoms with Gasteiger partial charge in [-0.15, -0.1) is 0 Å². The highest BCUT2D eigenvalue weighted by Crippen LogP contribution is 2.55. The molecule has 2 amide bonds. The summed E-state index contributed by atoms with van der Waals surface area (Å²) in [6, 6.07) is 0.480. The van der Waals surface area contributed by atoms with Gasteiger partial charge in [0, 0.05) is 12.6 Å². The number of nitrogens with one attached hydrogen (secondary N) is 2. The van der Waals surface area contributed by atoms with Crippen LogP contribution in [0, 0.1) is 0 Å². The second kappa shape index (κ2) is 6.38. The van der Waals surface area contributed by atoms with Gasteiger partial charge in [-0.25, -0.2) is 9.18 Å². The van der Waals surface area contributed by atoms with Crippen molar-refractivity contribution in [1.82, 2.24) is 5.32 Å². The lowest BCUT2D eigenvalue weighted by Crippen LogP contribution is -2.51. The zero-order valence-corrected chi connectivity index (χ0v) is 13.0. The number of carbonyl (C=O) groups is 1. The van der Waals surface area contributed by atoms with Gasteiger partial charge in [-0.05, 0) is 36.8 Å². The molecular formula is C15H15F7N2O. The highest BCUT2D eigenvalue weighted by molar-refractivity contribution is 5.91. The summed E-state index contributed by atoms with van der Waals surface area (Å²) in [5.41, 5.74) is -7.43. The summed E-state index contributed by atoms with van der Waals surface area (Å²) in [7, 11) is 1.14. The molecule has 1 aliphatic carbocycles. The van der Waals surface area contributed by atoms with Crippen molar-refractivity contribution in [3.05, 3.63) is 28.8 Å². The number of hydrogen-bond donors (Lipinski definition) is 2. The summed E-state index contributed by atoms with van der Waals surface area (Å²) >= 11 is 0. The normalized spacial score (nSPS) is 15.5. The predicted molar refractivity (Wildman–Crippen MR) is 76.1 cm³/mol. The monoisotopic (exact) mass is 372 g/mol. The van der Waals surface area contributed by atoms with Crippen molar-refractivity contribution in [2.24, 2.45) is 0 Å². The molecule has 0 aromatic heterocycles. The number of anilines is 1. The molecule has 1 aromatic rings. The highest BCUT2D eigenvalue weighted by Gasteiger charge is 2.74. The Morgan fingerprint density at radius 2 is 1.52 bits per heavy atom. The molecule has 2 rings (SSSR count). The fraction of sp³-hybridized carbons (Fsp3) is 0.533. The molecule has 0 spiro atoms. The van der Waals surface area contributed by atoms with E-state index in [9.17, 15) is 35.5 Å². The average molecular weight is 372 g/mol. The number of aryl methyl sites for hydroxylation is 1. The summed E-state index contributed by atoms with van der Waals surface area (Å²) in [6.45, 7) is 0. The molecular weight excluding hydrogens is 357 g/mol. The minimum atomic E-state index is -6.24. The molecule has 2 N–H and O–H groups in total.